The fourth-order valence-electron chi connectivity index (χ4n) is 4.86. The predicted octanol–water partition coefficient (Wildman–Crippen LogP) is 4.43. The monoisotopic (exact) mass is 524 g/mol. The lowest BCUT2D eigenvalue weighted by molar-refractivity contribution is -0.128. The highest BCUT2D eigenvalue weighted by molar-refractivity contribution is 5.99. The summed E-state index contributed by atoms with van der Waals surface area (Å²) in [5, 5.41) is 14.7. The zero-order valence-electron chi connectivity index (χ0n) is 21.0. The average Bonchev–Trinajstić information content (AvgIpc) is 3.70. The first-order valence-corrected chi connectivity index (χ1v) is 12.8. The number of allylic oxidation sites excluding steroid dienone is 1. The molecule has 1 aromatic carbocycles. The number of pyridine rings is 1. The van der Waals surface area contributed by atoms with E-state index in [1.165, 1.54) is 12.4 Å². The third kappa shape index (κ3) is 4.88. The molecule has 0 spiro atoms. The van der Waals surface area contributed by atoms with Gasteiger partial charge >= 0.3 is 0 Å². The Morgan fingerprint density at radius 1 is 1.15 bits per heavy atom. The molecule has 1 atom stereocenters. The third-order valence-corrected chi connectivity index (χ3v) is 6.97. The number of amides is 1. The van der Waals surface area contributed by atoms with Gasteiger partial charge in [-0.2, -0.15) is 19.7 Å². The summed E-state index contributed by atoms with van der Waals surface area (Å²) in [5.74, 6) is 0.0613. The molecule has 3 aromatic heterocycles. The summed E-state index contributed by atoms with van der Waals surface area (Å²) >= 11 is 0. The number of nitrogens with two attached hydrogens (primary N) is 1. The van der Waals surface area contributed by atoms with Crippen LogP contribution in [0.5, 0.6) is 11.6 Å². The summed E-state index contributed by atoms with van der Waals surface area (Å²) in [5.41, 5.74) is 7.23. The van der Waals surface area contributed by atoms with Crippen molar-refractivity contribution in [3.05, 3.63) is 66.4 Å². The zero-order chi connectivity index (χ0) is 26.9. The minimum Gasteiger partial charge on any atom is -0.439 e. The second-order valence-corrected chi connectivity index (χ2v) is 9.73. The number of carbonyl (C=O) groups is 1. The first-order valence-electron chi connectivity index (χ1n) is 12.8. The summed E-state index contributed by atoms with van der Waals surface area (Å²) in [6.45, 7) is 0.886. The van der Waals surface area contributed by atoms with Crippen LogP contribution in [-0.2, 0) is 4.79 Å². The van der Waals surface area contributed by atoms with Crippen LogP contribution in [0.1, 0.15) is 31.7 Å². The van der Waals surface area contributed by atoms with Crippen molar-refractivity contribution in [3.63, 3.8) is 0 Å². The van der Waals surface area contributed by atoms with E-state index in [1.807, 2.05) is 18.2 Å². The van der Waals surface area contributed by atoms with Gasteiger partial charge < -0.3 is 15.4 Å². The first-order chi connectivity index (χ1) is 19.0. The second kappa shape index (κ2) is 10.1. The molecule has 0 radical (unpaired) electrons. The smallest absolute Gasteiger partial charge is 0.264 e. The lowest BCUT2D eigenvalue weighted by Crippen LogP contribution is -2.41. The lowest BCUT2D eigenvalue weighted by atomic mass is 10.0. The van der Waals surface area contributed by atoms with Crippen molar-refractivity contribution in [3.8, 4) is 29.0 Å². The van der Waals surface area contributed by atoms with Gasteiger partial charge in [0.25, 0.3) is 5.91 Å². The van der Waals surface area contributed by atoms with E-state index in [2.05, 4.69) is 21.0 Å². The predicted molar refractivity (Wildman–Crippen MR) is 141 cm³/mol. The van der Waals surface area contributed by atoms with Crippen LogP contribution in [0.25, 0.3) is 22.3 Å². The molecule has 1 saturated carbocycles. The van der Waals surface area contributed by atoms with Crippen LogP contribution in [0.3, 0.4) is 0 Å². The molecule has 196 valence electrons. The number of aromatic nitrogens is 5. The maximum absolute atomic E-state index is 15.3. The molecule has 0 bridgehead atoms. The number of nitrogens with zero attached hydrogens (tertiary/aromatic N) is 7. The summed E-state index contributed by atoms with van der Waals surface area (Å²) in [4.78, 5) is 27.3. The maximum Gasteiger partial charge on any atom is 0.264 e. The molecule has 11 heteroatoms. The number of nitrogen functional groups attached to an aromatic ring is 1. The van der Waals surface area contributed by atoms with Crippen LogP contribution in [-0.4, -0.2) is 48.6 Å². The number of likely N-dealkylation sites (tertiary alicyclic amines) is 1. The minimum absolute atomic E-state index is 0.101. The van der Waals surface area contributed by atoms with Gasteiger partial charge in [0.15, 0.2) is 5.65 Å². The molecule has 1 aliphatic heterocycles. The molecule has 39 heavy (non-hydrogen) atoms. The van der Waals surface area contributed by atoms with Gasteiger partial charge in [0.05, 0.1) is 17.0 Å². The number of halogens is 1. The topological polar surface area (TPSA) is 136 Å². The van der Waals surface area contributed by atoms with E-state index in [-0.39, 0.29) is 40.5 Å². The number of fused-ring (bicyclic) bond motifs is 1. The summed E-state index contributed by atoms with van der Waals surface area (Å²) in [7, 11) is 0. The van der Waals surface area contributed by atoms with Crippen LogP contribution in [0.4, 0.5) is 10.2 Å². The van der Waals surface area contributed by atoms with Gasteiger partial charge in [0.1, 0.15) is 35.2 Å². The molecule has 1 amide bonds. The van der Waals surface area contributed by atoms with Crippen molar-refractivity contribution in [2.45, 2.75) is 31.7 Å². The average molecular weight is 525 g/mol. The van der Waals surface area contributed by atoms with E-state index in [4.69, 9.17) is 15.6 Å². The fraction of sp³-hybridized carbons (Fsp3) is 0.286. The van der Waals surface area contributed by atoms with Gasteiger partial charge in [0, 0.05) is 19.2 Å². The quantitative estimate of drug-likeness (QED) is 0.222. The molecule has 4 heterocycles. The molecule has 1 aliphatic carbocycles. The summed E-state index contributed by atoms with van der Waals surface area (Å²) < 4.78 is 22.7. The molecule has 1 unspecified atom stereocenters. The molecule has 2 aliphatic rings. The largest absolute Gasteiger partial charge is 0.439 e. The van der Waals surface area contributed by atoms with Gasteiger partial charge in [-0.25, -0.2) is 14.6 Å². The van der Waals surface area contributed by atoms with Crippen LogP contribution in [0.2, 0.25) is 0 Å². The van der Waals surface area contributed by atoms with Gasteiger partial charge in [-0.05, 0) is 49.8 Å². The molecular formula is C28H25FN8O2. The lowest BCUT2D eigenvalue weighted by Gasteiger charge is -2.32. The van der Waals surface area contributed by atoms with Crippen LogP contribution < -0.4 is 10.5 Å². The zero-order valence-corrected chi connectivity index (χ0v) is 21.0. The Kier molecular flexibility index (Phi) is 6.36. The molecule has 4 aromatic rings. The second-order valence-electron chi connectivity index (χ2n) is 9.73. The van der Waals surface area contributed by atoms with Crippen LogP contribution >= 0.6 is 0 Å². The van der Waals surface area contributed by atoms with Crippen molar-refractivity contribution in [1.29, 1.82) is 5.26 Å². The van der Waals surface area contributed by atoms with Crippen molar-refractivity contribution in [2.24, 2.45) is 5.92 Å². The van der Waals surface area contributed by atoms with E-state index >= 15 is 4.39 Å². The number of piperidine rings is 1. The van der Waals surface area contributed by atoms with Crippen molar-refractivity contribution in [1.82, 2.24) is 29.6 Å². The highest BCUT2D eigenvalue weighted by Crippen LogP contribution is 2.36. The summed E-state index contributed by atoms with van der Waals surface area (Å²) in [6.07, 6.45) is 6.58. The van der Waals surface area contributed by atoms with E-state index in [0.717, 1.165) is 25.7 Å². The first kappa shape index (κ1) is 24.5. The molecular weight excluding hydrogens is 499 g/mol. The normalized spacial score (nSPS) is 17.7. The van der Waals surface area contributed by atoms with E-state index < -0.39 is 5.95 Å². The minimum atomic E-state index is -0.775. The molecule has 6 rings (SSSR count). The van der Waals surface area contributed by atoms with E-state index in [1.54, 1.807) is 33.9 Å². The molecule has 1 saturated heterocycles. The number of hydrogen-bond donors (Lipinski definition) is 1. The van der Waals surface area contributed by atoms with Crippen molar-refractivity contribution < 1.29 is 13.9 Å². The summed E-state index contributed by atoms with van der Waals surface area (Å²) in [6, 6.07) is 13.9. The molecule has 2 N–H and O–H groups in total. The number of rotatable bonds is 6. The van der Waals surface area contributed by atoms with Gasteiger partial charge in [-0.1, -0.05) is 24.3 Å². The number of ether oxygens (including phenoxy) is 1. The Morgan fingerprint density at radius 3 is 2.72 bits per heavy atom. The van der Waals surface area contributed by atoms with Crippen molar-refractivity contribution in [2.75, 3.05) is 18.8 Å². The number of para-hydroxylation sites is 1. The Bertz CT molecular complexity index is 1620. The number of benzene rings is 1. The highest BCUT2D eigenvalue weighted by Gasteiger charge is 2.31. The van der Waals surface area contributed by atoms with Gasteiger partial charge in [-0.15, -0.1) is 0 Å². The van der Waals surface area contributed by atoms with Crippen LogP contribution in [0.15, 0.2) is 60.4 Å². The maximum atomic E-state index is 15.3. The Balaban J connectivity index is 1.33. The SMILES string of the molecule is N#CC(=CC1CC1)C(=O)N1CCCC(n2nc(-c3ccc(Oc4ccccc4)nc3F)c3c(N)ncnc32)C1. The molecule has 10 nitrogen and oxygen atoms in total. The third-order valence-electron chi connectivity index (χ3n) is 6.97. The van der Waals surface area contributed by atoms with Crippen molar-refractivity contribution >= 4 is 22.8 Å². The highest BCUT2D eigenvalue weighted by atomic mass is 19.1. The van der Waals surface area contributed by atoms with Gasteiger partial charge in [-0.3, -0.25) is 4.79 Å². The number of hydrogen-bond acceptors (Lipinski definition) is 8. The fourth-order valence-corrected chi connectivity index (χ4v) is 4.86. The Labute approximate surface area is 223 Å². The van der Waals surface area contributed by atoms with E-state index in [0.29, 0.717) is 35.8 Å². The number of nitriles is 1. The van der Waals surface area contributed by atoms with E-state index in [9.17, 15) is 10.1 Å². The Morgan fingerprint density at radius 2 is 1.97 bits per heavy atom. The molecule has 2 fully saturated rings. The number of carbonyl (C=O) groups excluding carboxylic acids is 1. The standard InChI is InChI=1S/C28H25FN8O2/c29-25-21(10-11-22(34-25)39-20-6-2-1-3-7-20)24-23-26(31)32-16-33-27(23)37(35-24)19-5-4-12-36(15-19)28(38)18(14-30)13-17-8-9-17/h1-3,6-7,10-11,13,16-17,19H,4-5,8-9,12,15H2,(H2,31,32,33). The number of anilines is 1. The Hall–Kier alpha value is -4.85. The van der Waals surface area contributed by atoms with Crippen LogP contribution in [0, 0.1) is 23.2 Å². The van der Waals surface area contributed by atoms with Gasteiger partial charge in [0.2, 0.25) is 11.8 Å².